The molecule has 0 saturated heterocycles. The summed E-state index contributed by atoms with van der Waals surface area (Å²) >= 11 is 0. The van der Waals surface area contributed by atoms with E-state index in [4.69, 9.17) is 4.74 Å². The smallest absolute Gasteiger partial charge is 0.343 e. The Kier molecular flexibility index (Phi) is 3.51. The van der Waals surface area contributed by atoms with Crippen molar-refractivity contribution in [3.63, 3.8) is 0 Å². The van der Waals surface area contributed by atoms with Crippen LogP contribution in [0.2, 0.25) is 0 Å². The van der Waals surface area contributed by atoms with Crippen LogP contribution in [0.15, 0.2) is 17.1 Å². The van der Waals surface area contributed by atoms with Gasteiger partial charge in [0.15, 0.2) is 0 Å². The third-order valence-corrected chi connectivity index (χ3v) is 4.12. The minimum Gasteiger partial charge on any atom is -0.462 e. The number of benzene rings is 1. The SMILES string of the molecule is CCOC(=O)c1cn(C2CC2)c2c(C)cc(F)c(C)c2c1=O. The molecule has 0 aliphatic heterocycles. The highest BCUT2D eigenvalue weighted by atomic mass is 19.1. The van der Waals surface area contributed by atoms with Crippen molar-refractivity contribution >= 4 is 16.9 Å². The van der Waals surface area contributed by atoms with E-state index >= 15 is 0 Å². The van der Waals surface area contributed by atoms with Gasteiger partial charge >= 0.3 is 5.97 Å². The summed E-state index contributed by atoms with van der Waals surface area (Å²) in [6, 6.07) is 1.71. The summed E-state index contributed by atoms with van der Waals surface area (Å²) in [6.45, 7) is 5.24. The third-order valence-electron chi connectivity index (χ3n) is 4.12. The number of nitrogens with zero attached hydrogens (tertiary/aromatic N) is 1. The van der Waals surface area contributed by atoms with Gasteiger partial charge in [0.25, 0.3) is 0 Å². The average Bonchev–Trinajstić information content (AvgIpc) is 3.29. The zero-order valence-electron chi connectivity index (χ0n) is 12.9. The van der Waals surface area contributed by atoms with Crippen LogP contribution in [0.5, 0.6) is 0 Å². The number of fused-ring (bicyclic) bond motifs is 1. The van der Waals surface area contributed by atoms with Gasteiger partial charge < -0.3 is 9.30 Å². The minimum absolute atomic E-state index is 0.0191. The van der Waals surface area contributed by atoms with Crippen molar-refractivity contribution in [3.05, 3.63) is 45.0 Å². The second-order valence-corrected chi connectivity index (χ2v) is 5.75. The lowest BCUT2D eigenvalue weighted by molar-refractivity contribution is 0.0524. The van der Waals surface area contributed by atoms with Gasteiger partial charge in [0, 0.05) is 12.2 Å². The molecule has 1 aromatic heterocycles. The fourth-order valence-electron chi connectivity index (χ4n) is 2.86. The Balaban J connectivity index is 2.41. The summed E-state index contributed by atoms with van der Waals surface area (Å²) in [7, 11) is 0. The van der Waals surface area contributed by atoms with Gasteiger partial charge in [0.05, 0.1) is 17.5 Å². The number of ether oxygens (including phenoxy) is 1. The van der Waals surface area contributed by atoms with Gasteiger partial charge in [-0.25, -0.2) is 9.18 Å². The van der Waals surface area contributed by atoms with Crippen molar-refractivity contribution in [2.45, 2.75) is 39.7 Å². The van der Waals surface area contributed by atoms with Crippen LogP contribution in [-0.2, 0) is 4.74 Å². The van der Waals surface area contributed by atoms with Gasteiger partial charge in [-0.05, 0) is 50.8 Å². The van der Waals surface area contributed by atoms with Crippen molar-refractivity contribution in [1.82, 2.24) is 4.57 Å². The predicted molar refractivity (Wildman–Crippen MR) is 81.9 cm³/mol. The van der Waals surface area contributed by atoms with Crippen LogP contribution in [0.25, 0.3) is 10.9 Å². The minimum atomic E-state index is -0.648. The first kappa shape index (κ1) is 14.8. The number of halogens is 1. The molecule has 1 heterocycles. The Morgan fingerprint density at radius 1 is 1.41 bits per heavy atom. The molecule has 0 atom stereocenters. The number of esters is 1. The summed E-state index contributed by atoms with van der Waals surface area (Å²) in [5.74, 6) is -1.07. The van der Waals surface area contributed by atoms with Crippen LogP contribution in [-0.4, -0.2) is 17.1 Å². The zero-order chi connectivity index (χ0) is 16.0. The van der Waals surface area contributed by atoms with E-state index in [9.17, 15) is 14.0 Å². The molecule has 0 unspecified atom stereocenters. The number of carbonyl (C=O) groups excluding carboxylic acids is 1. The maximum absolute atomic E-state index is 14.1. The largest absolute Gasteiger partial charge is 0.462 e. The molecular weight excluding hydrogens is 285 g/mol. The number of carbonyl (C=O) groups is 1. The fourth-order valence-corrected chi connectivity index (χ4v) is 2.86. The summed E-state index contributed by atoms with van der Waals surface area (Å²) in [6.07, 6.45) is 3.57. The standard InChI is InChI=1S/C17H18FNO3/c1-4-22-17(21)12-8-19(11-5-6-11)15-9(2)7-13(18)10(3)14(15)16(12)20/h7-8,11H,4-6H2,1-3H3. The van der Waals surface area contributed by atoms with Crippen LogP contribution >= 0.6 is 0 Å². The summed E-state index contributed by atoms with van der Waals surface area (Å²) in [5.41, 5.74) is 1.24. The average molecular weight is 303 g/mol. The van der Waals surface area contributed by atoms with Gasteiger partial charge in [-0.3, -0.25) is 4.79 Å². The molecule has 22 heavy (non-hydrogen) atoms. The Hall–Kier alpha value is -2.17. The monoisotopic (exact) mass is 303 g/mol. The third kappa shape index (κ3) is 2.21. The molecule has 116 valence electrons. The molecule has 1 fully saturated rings. The first-order valence-corrected chi connectivity index (χ1v) is 7.47. The Morgan fingerprint density at radius 3 is 2.68 bits per heavy atom. The van der Waals surface area contributed by atoms with E-state index in [0.717, 1.165) is 18.4 Å². The van der Waals surface area contributed by atoms with E-state index in [-0.39, 0.29) is 29.2 Å². The number of hydrogen-bond donors (Lipinski definition) is 0. The van der Waals surface area contributed by atoms with Crippen LogP contribution in [0.1, 0.15) is 47.3 Å². The Morgan fingerprint density at radius 2 is 2.09 bits per heavy atom. The molecule has 0 N–H and O–H groups in total. The summed E-state index contributed by atoms with van der Waals surface area (Å²) < 4.78 is 21.0. The highest BCUT2D eigenvalue weighted by molar-refractivity contribution is 5.95. The van der Waals surface area contributed by atoms with Crippen LogP contribution in [0.4, 0.5) is 4.39 Å². The van der Waals surface area contributed by atoms with E-state index in [1.165, 1.54) is 6.07 Å². The van der Waals surface area contributed by atoms with E-state index in [1.807, 2.05) is 4.57 Å². The van der Waals surface area contributed by atoms with Gasteiger partial charge in [0.1, 0.15) is 11.4 Å². The quantitative estimate of drug-likeness (QED) is 0.818. The molecule has 0 bridgehead atoms. The first-order valence-electron chi connectivity index (χ1n) is 7.47. The molecule has 0 amide bonds. The molecule has 1 aromatic carbocycles. The van der Waals surface area contributed by atoms with E-state index in [2.05, 4.69) is 0 Å². The van der Waals surface area contributed by atoms with Gasteiger partial charge in [-0.15, -0.1) is 0 Å². The summed E-state index contributed by atoms with van der Waals surface area (Å²) in [5, 5.41) is 0.287. The van der Waals surface area contributed by atoms with E-state index < -0.39 is 17.2 Å². The van der Waals surface area contributed by atoms with E-state index in [1.54, 1.807) is 27.0 Å². The highest BCUT2D eigenvalue weighted by Gasteiger charge is 2.28. The normalized spacial score (nSPS) is 14.4. The Bertz CT molecular complexity index is 834. The molecule has 5 heteroatoms. The Labute approximate surface area is 127 Å². The number of rotatable bonds is 3. The molecule has 1 aliphatic carbocycles. The second-order valence-electron chi connectivity index (χ2n) is 5.75. The lowest BCUT2D eigenvalue weighted by atomic mass is 10.0. The number of pyridine rings is 1. The number of aryl methyl sites for hydroxylation is 2. The fraction of sp³-hybridized carbons (Fsp3) is 0.412. The zero-order valence-corrected chi connectivity index (χ0v) is 12.9. The molecule has 0 spiro atoms. The van der Waals surface area contributed by atoms with Gasteiger partial charge in [0.2, 0.25) is 5.43 Å². The molecule has 3 rings (SSSR count). The molecule has 0 radical (unpaired) electrons. The topological polar surface area (TPSA) is 48.3 Å². The van der Waals surface area contributed by atoms with Crippen molar-refractivity contribution in [1.29, 1.82) is 0 Å². The molecule has 1 saturated carbocycles. The van der Waals surface area contributed by atoms with Crippen molar-refractivity contribution in [3.8, 4) is 0 Å². The maximum Gasteiger partial charge on any atom is 0.343 e. The molecule has 4 nitrogen and oxygen atoms in total. The second kappa shape index (κ2) is 5.23. The predicted octanol–water partition coefficient (Wildman–Crippen LogP) is 3.27. The van der Waals surface area contributed by atoms with E-state index in [0.29, 0.717) is 5.56 Å². The first-order chi connectivity index (χ1) is 10.5. The van der Waals surface area contributed by atoms with Crippen molar-refractivity contribution in [2.24, 2.45) is 0 Å². The van der Waals surface area contributed by atoms with Crippen LogP contribution in [0, 0.1) is 19.7 Å². The highest BCUT2D eigenvalue weighted by Crippen LogP contribution is 2.38. The maximum atomic E-state index is 14.1. The van der Waals surface area contributed by atoms with Crippen molar-refractivity contribution < 1.29 is 13.9 Å². The summed E-state index contributed by atoms with van der Waals surface area (Å²) in [4.78, 5) is 24.7. The lowest BCUT2D eigenvalue weighted by Crippen LogP contribution is -2.22. The van der Waals surface area contributed by atoms with Crippen molar-refractivity contribution in [2.75, 3.05) is 6.61 Å². The molecule has 2 aromatic rings. The van der Waals surface area contributed by atoms with Gasteiger partial charge in [-0.2, -0.15) is 0 Å². The van der Waals surface area contributed by atoms with Gasteiger partial charge in [-0.1, -0.05) is 0 Å². The molecular formula is C17H18FNO3. The van der Waals surface area contributed by atoms with Crippen LogP contribution in [0.3, 0.4) is 0 Å². The lowest BCUT2D eigenvalue weighted by Gasteiger charge is -2.16. The number of aromatic nitrogens is 1. The molecule has 1 aliphatic rings. The number of hydrogen-bond acceptors (Lipinski definition) is 3. The van der Waals surface area contributed by atoms with Crippen LogP contribution < -0.4 is 5.43 Å².